The van der Waals surface area contributed by atoms with Crippen LogP contribution in [0.2, 0.25) is 0 Å². The van der Waals surface area contributed by atoms with Gasteiger partial charge in [-0.3, -0.25) is 0 Å². The molecule has 0 spiro atoms. The van der Waals surface area contributed by atoms with Crippen molar-refractivity contribution < 1.29 is 0 Å². The maximum absolute atomic E-state index is 2.32. The van der Waals surface area contributed by atoms with Crippen LogP contribution in [0.1, 0.15) is 233 Å². The molecule has 0 rings (SSSR count). The lowest BCUT2D eigenvalue weighted by molar-refractivity contribution is 0.502. The van der Waals surface area contributed by atoms with Crippen molar-refractivity contribution in [2.45, 2.75) is 233 Å². The third kappa shape index (κ3) is 32.1. The van der Waals surface area contributed by atoms with Gasteiger partial charge in [-0.1, -0.05) is 213 Å². The summed E-state index contributed by atoms with van der Waals surface area (Å²) >= 11 is 0. The second-order valence-electron chi connectivity index (χ2n) is 12.5. The van der Waals surface area contributed by atoms with E-state index in [9.17, 15) is 0 Å². The van der Waals surface area contributed by atoms with E-state index < -0.39 is 0 Å². The maximum atomic E-state index is 2.32. The summed E-state index contributed by atoms with van der Waals surface area (Å²) in [6.07, 6.45) is 48.3. The molecule has 0 aliphatic heterocycles. The molecule has 0 atom stereocenters. The van der Waals surface area contributed by atoms with Gasteiger partial charge in [0.1, 0.15) is 0 Å². The van der Waals surface area contributed by atoms with Gasteiger partial charge < -0.3 is 0 Å². The molecular weight excluding hydrogens is 444 g/mol. The van der Waals surface area contributed by atoms with Crippen LogP contribution in [0.25, 0.3) is 0 Å². The van der Waals surface area contributed by atoms with Crippen LogP contribution in [-0.2, 0) is 0 Å². The van der Waals surface area contributed by atoms with Crippen molar-refractivity contribution in [2.24, 2.45) is 0 Å². The summed E-state index contributed by atoms with van der Waals surface area (Å²) in [6.45, 7) is 6.95. The van der Waals surface area contributed by atoms with Gasteiger partial charge in [-0.25, -0.2) is 0 Å². The Hall–Kier alpha value is 0. The topological polar surface area (TPSA) is 0 Å². The molecule has 0 bridgehead atoms. The minimum Gasteiger partial charge on any atom is -0.0654 e. The number of hydrogen-bond donors (Lipinski definition) is 0. The van der Waals surface area contributed by atoms with Crippen molar-refractivity contribution in [3.05, 3.63) is 5.92 Å². The summed E-state index contributed by atoms with van der Waals surface area (Å²) in [4.78, 5) is 0. The molecular formula is C37H75. The molecule has 0 aromatic heterocycles. The van der Waals surface area contributed by atoms with Crippen LogP contribution in [0.3, 0.4) is 0 Å². The molecule has 0 fully saturated rings. The third-order valence-electron chi connectivity index (χ3n) is 8.65. The fourth-order valence-electron chi connectivity index (χ4n) is 5.96. The first kappa shape index (κ1) is 37.0. The lowest BCUT2D eigenvalue weighted by Crippen LogP contribution is -1.99. The van der Waals surface area contributed by atoms with E-state index >= 15 is 0 Å². The van der Waals surface area contributed by atoms with Crippen LogP contribution in [-0.4, -0.2) is 0 Å². The van der Waals surface area contributed by atoms with E-state index in [4.69, 9.17) is 0 Å². The Labute approximate surface area is 238 Å². The van der Waals surface area contributed by atoms with Crippen LogP contribution in [0.15, 0.2) is 0 Å². The van der Waals surface area contributed by atoms with Gasteiger partial charge in [0, 0.05) is 0 Å². The van der Waals surface area contributed by atoms with Crippen LogP contribution in [0, 0.1) is 5.92 Å². The lowest BCUT2D eigenvalue weighted by atomic mass is 9.89. The second kappa shape index (κ2) is 34.0. The van der Waals surface area contributed by atoms with Gasteiger partial charge in [-0.05, 0) is 25.2 Å². The molecule has 37 heavy (non-hydrogen) atoms. The first-order valence-corrected chi connectivity index (χ1v) is 18.2. The fourth-order valence-corrected chi connectivity index (χ4v) is 5.96. The molecule has 1 radical (unpaired) electrons. The molecule has 0 unspecified atom stereocenters. The van der Waals surface area contributed by atoms with Gasteiger partial charge in [-0.2, -0.15) is 0 Å². The number of rotatable bonds is 33. The third-order valence-corrected chi connectivity index (χ3v) is 8.65. The molecule has 223 valence electrons. The van der Waals surface area contributed by atoms with Crippen LogP contribution >= 0.6 is 0 Å². The lowest BCUT2D eigenvalue weighted by Gasteiger charge is -2.16. The van der Waals surface area contributed by atoms with E-state index in [1.165, 1.54) is 212 Å². The second-order valence-corrected chi connectivity index (χ2v) is 12.5. The monoisotopic (exact) mass is 520 g/mol. The van der Waals surface area contributed by atoms with E-state index in [1.54, 1.807) is 0 Å². The molecule has 0 aliphatic carbocycles. The SMILES string of the molecule is CCCCCCCCCCCC[C](CCCCCCCCCCCC)CCCCCCCCCCCC. The van der Waals surface area contributed by atoms with Crippen LogP contribution < -0.4 is 0 Å². The Bertz CT molecular complexity index is 315. The van der Waals surface area contributed by atoms with Gasteiger partial charge in [0.25, 0.3) is 0 Å². The summed E-state index contributed by atoms with van der Waals surface area (Å²) in [5.41, 5.74) is 0. The van der Waals surface area contributed by atoms with Gasteiger partial charge in [0.2, 0.25) is 0 Å². The summed E-state index contributed by atoms with van der Waals surface area (Å²) in [5.74, 6) is 1.94. The Balaban J connectivity index is 3.87. The smallest absolute Gasteiger partial charge is 0.0241 e. The molecule has 0 nitrogen and oxygen atoms in total. The largest absolute Gasteiger partial charge is 0.0654 e. The molecule has 0 saturated carbocycles. The van der Waals surface area contributed by atoms with Crippen molar-refractivity contribution in [1.29, 1.82) is 0 Å². The average Bonchev–Trinajstić information content (AvgIpc) is 2.91. The van der Waals surface area contributed by atoms with E-state index in [0.29, 0.717) is 0 Å². The zero-order valence-corrected chi connectivity index (χ0v) is 26.8. The van der Waals surface area contributed by atoms with Gasteiger partial charge in [-0.15, -0.1) is 0 Å². The van der Waals surface area contributed by atoms with E-state index in [1.807, 2.05) is 5.92 Å². The quantitative estimate of drug-likeness (QED) is 0.0756. The summed E-state index contributed by atoms with van der Waals surface area (Å²) in [5, 5.41) is 0. The highest BCUT2D eigenvalue weighted by molar-refractivity contribution is 4.89. The van der Waals surface area contributed by atoms with Gasteiger partial charge >= 0.3 is 0 Å². The molecule has 0 heteroatoms. The minimum absolute atomic E-state index is 1.37. The molecule has 0 heterocycles. The highest BCUT2D eigenvalue weighted by Gasteiger charge is 2.09. The first-order valence-electron chi connectivity index (χ1n) is 18.2. The van der Waals surface area contributed by atoms with E-state index in [0.717, 1.165) is 0 Å². The standard InChI is InChI=1S/C37H75/c1-4-7-10-13-16-19-22-25-28-31-34-37(35-32-29-26-23-20-17-14-11-8-5-2)36-33-30-27-24-21-18-15-12-9-6-3/h4-36H2,1-3H3. The molecule has 0 amide bonds. The van der Waals surface area contributed by atoms with Crippen LogP contribution in [0.4, 0.5) is 0 Å². The molecule has 0 aliphatic rings. The maximum Gasteiger partial charge on any atom is -0.0241 e. The Morgan fingerprint density at radius 2 is 0.378 bits per heavy atom. The Morgan fingerprint density at radius 1 is 0.216 bits per heavy atom. The van der Waals surface area contributed by atoms with Crippen molar-refractivity contribution in [3.8, 4) is 0 Å². The van der Waals surface area contributed by atoms with Gasteiger partial charge in [0.05, 0.1) is 0 Å². The number of hydrogen-bond acceptors (Lipinski definition) is 0. The fraction of sp³-hybridized carbons (Fsp3) is 0.973. The zero-order chi connectivity index (χ0) is 26.9. The number of unbranched alkanes of at least 4 members (excludes halogenated alkanes) is 27. The summed E-state index contributed by atoms with van der Waals surface area (Å²) < 4.78 is 0. The molecule has 0 aromatic rings. The molecule has 0 aromatic carbocycles. The summed E-state index contributed by atoms with van der Waals surface area (Å²) in [6, 6.07) is 0. The predicted molar refractivity (Wildman–Crippen MR) is 173 cm³/mol. The Kier molecular flexibility index (Phi) is 34.0. The van der Waals surface area contributed by atoms with E-state index in [-0.39, 0.29) is 0 Å². The van der Waals surface area contributed by atoms with Crippen molar-refractivity contribution in [3.63, 3.8) is 0 Å². The normalized spacial score (nSPS) is 11.7. The summed E-state index contributed by atoms with van der Waals surface area (Å²) in [7, 11) is 0. The molecule has 0 N–H and O–H groups in total. The minimum atomic E-state index is 1.37. The average molecular weight is 520 g/mol. The highest BCUT2D eigenvalue weighted by Crippen LogP contribution is 2.27. The van der Waals surface area contributed by atoms with Crippen LogP contribution in [0.5, 0.6) is 0 Å². The van der Waals surface area contributed by atoms with Crippen molar-refractivity contribution in [2.75, 3.05) is 0 Å². The van der Waals surface area contributed by atoms with E-state index in [2.05, 4.69) is 20.8 Å². The van der Waals surface area contributed by atoms with Crippen molar-refractivity contribution in [1.82, 2.24) is 0 Å². The highest BCUT2D eigenvalue weighted by atomic mass is 14.1. The van der Waals surface area contributed by atoms with Crippen molar-refractivity contribution >= 4 is 0 Å². The van der Waals surface area contributed by atoms with Gasteiger partial charge in [0.15, 0.2) is 0 Å². The zero-order valence-electron chi connectivity index (χ0n) is 26.8. The Morgan fingerprint density at radius 3 is 0.568 bits per heavy atom. The predicted octanol–water partition coefficient (Wildman–Crippen LogP) is 14.5. The first-order chi connectivity index (χ1) is 18.3. The molecule has 0 saturated heterocycles.